The third-order valence-corrected chi connectivity index (χ3v) is 5.03. The van der Waals surface area contributed by atoms with E-state index in [1.807, 2.05) is 36.4 Å². The van der Waals surface area contributed by atoms with Crippen LogP contribution >= 0.6 is 17.0 Å². The van der Waals surface area contributed by atoms with Crippen molar-refractivity contribution in [3.63, 3.8) is 0 Å². The largest absolute Gasteiger partial charge is 0.383 e. The zero-order valence-corrected chi connectivity index (χ0v) is 16.0. The predicted molar refractivity (Wildman–Crippen MR) is 106 cm³/mol. The first kappa shape index (κ1) is 18.4. The van der Waals surface area contributed by atoms with Crippen molar-refractivity contribution >= 4 is 27.8 Å². The van der Waals surface area contributed by atoms with Crippen molar-refractivity contribution in [2.75, 3.05) is 13.1 Å². The van der Waals surface area contributed by atoms with Crippen molar-refractivity contribution < 1.29 is 4.52 Å². The molecule has 0 atom stereocenters. The van der Waals surface area contributed by atoms with Crippen LogP contribution in [-0.2, 0) is 6.42 Å². The van der Waals surface area contributed by atoms with Gasteiger partial charge < -0.3 is 9.84 Å². The second-order valence-electron chi connectivity index (χ2n) is 6.51. The molecule has 1 aromatic heterocycles. The van der Waals surface area contributed by atoms with Crippen LogP contribution in [0.3, 0.4) is 0 Å². The quantitative estimate of drug-likeness (QED) is 0.686. The zero-order valence-electron chi connectivity index (χ0n) is 14.2. The van der Waals surface area contributed by atoms with E-state index in [9.17, 15) is 10.1 Å². The summed E-state index contributed by atoms with van der Waals surface area (Å²) in [5.74, 6) is 1.00. The molecule has 0 spiro atoms. The van der Waals surface area contributed by atoms with Crippen molar-refractivity contribution in [2.45, 2.75) is 25.2 Å². The molecule has 0 bridgehead atoms. The molecule has 4 rings (SSSR count). The molecule has 134 valence electrons. The van der Waals surface area contributed by atoms with E-state index in [4.69, 9.17) is 4.52 Å². The summed E-state index contributed by atoms with van der Waals surface area (Å²) in [7, 11) is 0. The topological polar surface area (TPSA) is 81.8 Å². The summed E-state index contributed by atoms with van der Waals surface area (Å²) in [6.07, 6.45) is 2.33. The van der Waals surface area contributed by atoms with Gasteiger partial charge in [-0.05, 0) is 42.3 Å². The molecular weight excluding hydrogens is 394 g/mol. The van der Waals surface area contributed by atoms with Crippen LogP contribution in [0.2, 0.25) is 0 Å². The second-order valence-corrected chi connectivity index (χ2v) is 6.51. The molecule has 6 heteroatoms. The molecule has 0 amide bonds. The molecule has 0 aliphatic carbocycles. The molecule has 0 unspecified atom stereocenters. The highest BCUT2D eigenvalue weighted by atomic mass is 79.9. The lowest BCUT2D eigenvalue weighted by Crippen LogP contribution is -2.27. The summed E-state index contributed by atoms with van der Waals surface area (Å²) in [6, 6.07) is 14.1. The van der Waals surface area contributed by atoms with Crippen LogP contribution in [0.1, 0.15) is 41.2 Å². The number of piperidine rings is 1. The molecule has 1 aliphatic heterocycles. The number of fused-ring (bicyclic) bond motifs is 1. The van der Waals surface area contributed by atoms with Gasteiger partial charge >= 0.3 is 0 Å². The van der Waals surface area contributed by atoms with Gasteiger partial charge in [-0.25, -0.2) is 0 Å². The summed E-state index contributed by atoms with van der Waals surface area (Å²) < 4.78 is 5.52. The number of halogens is 1. The Bertz CT molecular complexity index is 1010. The lowest BCUT2D eigenvalue weighted by Gasteiger charge is -2.21. The maximum absolute atomic E-state index is 12.3. The van der Waals surface area contributed by atoms with Crippen molar-refractivity contribution in [1.82, 2.24) is 10.5 Å². The van der Waals surface area contributed by atoms with Crippen LogP contribution in [0.4, 0.5) is 0 Å². The van der Waals surface area contributed by atoms with Crippen LogP contribution in [0.5, 0.6) is 0 Å². The van der Waals surface area contributed by atoms with Gasteiger partial charge in [-0.3, -0.25) is 4.79 Å². The van der Waals surface area contributed by atoms with Gasteiger partial charge in [0.15, 0.2) is 0 Å². The number of nitriles is 1. The highest BCUT2D eigenvalue weighted by Crippen LogP contribution is 2.29. The van der Waals surface area contributed by atoms with E-state index >= 15 is 0 Å². The van der Waals surface area contributed by atoms with Gasteiger partial charge in [0.2, 0.25) is 0 Å². The molecule has 5 nitrogen and oxygen atoms in total. The van der Waals surface area contributed by atoms with Gasteiger partial charge in [-0.1, -0.05) is 36.4 Å². The third-order valence-electron chi connectivity index (χ3n) is 5.03. The first-order valence-corrected chi connectivity index (χ1v) is 8.59. The van der Waals surface area contributed by atoms with Gasteiger partial charge in [0.25, 0.3) is 5.56 Å². The number of aromatic amines is 1. The fourth-order valence-corrected chi connectivity index (χ4v) is 3.70. The van der Waals surface area contributed by atoms with Crippen LogP contribution < -0.4 is 10.9 Å². The zero-order chi connectivity index (χ0) is 17.2. The Hall–Kier alpha value is -2.36. The normalized spacial score (nSPS) is 14.7. The lowest BCUT2D eigenvalue weighted by molar-refractivity contribution is 0.324. The highest BCUT2D eigenvalue weighted by Gasteiger charge is 2.25. The van der Waals surface area contributed by atoms with Crippen molar-refractivity contribution in [3.05, 3.63) is 69.2 Å². The molecule has 2 heterocycles. The minimum absolute atomic E-state index is 0. The van der Waals surface area contributed by atoms with Gasteiger partial charge in [0.1, 0.15) is 11.8 Å². The monoisotopic (exact) mass is 413 g/mol. The molecule has 0 saturated carbocycles. The average molecular weight is 414 g/mol. The number of benzene rings is 2. The standard InChI is InChI=1S/C20H19N3O2.BrH/c21-12-18-15(6-5-13-3-1-2-4-16(13)18)11-17-19(25-23-20(17)24)14-7-9-22-10-8-14;/h1-6,14,22H,7-11H2,(H,23,24);1H. The van der Waals surface area contributed by atoms with E-state index in [0.29, 0.717) is 17.5 Å². The number of nitrogens with zero attached hydrogens (tertiary/aromatic N) is 1. The molecule has 26 heavy (non-hydrogen) atoms. The van der Waals surface area contributed by atoms with Gasteiger partial charge in [0, 0.05) is 12.3 Å². The van der Waals surface area contributed by atoms with E-state index in [0.717, 1.165) is 48.0 Å². The van der Waals surface area contributed by atoms with Crippen LogP contribution in [-0.4, -0.2) is 18.2 Å². The SMILES string of the molecule is Br.N#Cc1c(Cc2c(C3CCNCC3)o[nH]c2=O)ccc2ccccc12. The second kappa shape index (κ2) is 7.90. The Balaban J connectivity index is 0.00000196. The maximum atomic E-state index is 12.3. The molecule has 1 aliphatic rings. The summed E-state index contributed by atoms with van der Waals surface area (Å²) in [5, 5.41) is 17.4. The molecule has 1 fully saturated rings. The minimum Gasteiger partial charge on any atom is -0.383 e. The van der Waals surface area contributed by atoms with E-state index < -0.39 is 0 Å². The molecule has 2 aromatic carbocycles. The van der Waals surface area contributed by atoms with E-state index in [1.54, 1.807) is 0 Å². The van der Waals surface area contributed by atoms with Crippen molar-refractivity contribution in [1.29, 1.82) is 5.26 Å². The molecular formula is C20H20BrN3O2. The van der Waals surface area contributed by atoms with Gasteiger partial charge in [0.05, 0.1) is 11.1 Å². The number of hydrogen-bond acceptors (Lipinski definition) is 4. The Labute approximate surface area is 161 Å². The molecule has 2 N–H and O–H groups in total. The Morgan fingerprint density at radius 1 is 1.15 bits per heavy atom. The van der Waals surface area contributed by atoms with Gasteiger partial charge in [-0.15, -0.1) is 17.0 Å². The summed E-state index contributed by atoms with van der Waals surface area (Å²) in [4.78, 5) is 12.3. The number of rotatable bonds is 3. The molecule has 1 saturated heterocycles. The first-order valence-electron chi connectivity index (χ1n) is 8.59. The third kappa shape index (κ3) is 3.33. The van der Waals surface area contributed by atoms with E-state index in [-0.39, 0.29) is 28.5 Å². The smallest absolute Gasteiger partial charge is 0.283 e. The Kier molecular flexibility index (Phi) is 5.60. The van der Waals surface area contributed by atoms with E-state index in [1.165, 1.54) is 0 Å². The lowest BCUT2D eigenvalue weighted by atomic mass is 9.89. The molecule has 0 radical (unpaired) electrons. The molecule has 3 aromatic rings. The highest BCUT2D eigenvalue weighted by molar-refractivity contribution is 8.93. The fourth-order valence-electron chi connectivity index (χ4n) is 3.70. The van der Waals surface area contributed by atoms with E-state index in [2.05, 4.69) is 16.5 Å². The van der Waals surface area contributed by atoms with Crippen molar-refractivity contribution in [3.8, 4) is 6.07 Å². The number of aromatic nitrogens is 1. The summed E-state index contributed by atoms with van der Waals surface area (Å²) in [6.45, 7) is 1.86. The predicted octanol–water partition coefficient (Wildman–Crippen LogP) is 3.63. The summed E-state index contributed by atoms with van der Waals surface area (Å²) >= 11 is 0. The number of hydrogen-bond donors (Lipinski definition) is 2. The summed E-state index contributed by atoms with van der Waals surface area (Å²) in [5.41, 5.74) is 1.96. The minimum atomic E-state index is -0.189. The average Bonchev–Trinajstić information content (AvgIpc) is 3.03. The Morgan fingerprint density at radius 3 is 2.69 bits per heavy atom. The van der Waals surface area contributed by atoms with Crippen LogP contribution in [0.15, 0.2) is 45.7 Å². The number of nitrogens with one attached hydrogen (secondary N) is 2. The van der Waals surface area contributed by atoms with Crippen LogP contribution in [0.25, 0.3) is 10.8 Å². The maximum Gasteiger partial charge on any atom is 0.283 e. The number of H-pyrrole nitrogens is 1. The van der Waals surface area contributed by atoms with Crippen LogP contribution in [0, 0.1) is 11.3 Å². The fraction of sp³-hybridized carbons (Fsp3) is 0.300. The van der Waals surface area contributed by atoms with Crippen molar-refractivity contribution in [2.24, 2.45) is 0 Å². The first-order chi connectivity index (χ1) is 12.3. The van der Waals surface area contributed by atoms with Gasteiger partial charge in [-0.2, -0.15) is 10.4 Å². The Morgan fingerprint density at radius 2 is 1.92 bits per heavy atom.